The predicted octanol–water partition coefficient (Wildman–Crippen LogP) is 5.64. The summed E-state index contributed by atoms with van der Waals surface area (Å²) >= 11 is 0. The molecule has 10 heteroatoms. The van der Waals surface area contributed by atoms with E-state index in [1.54, 1.807) is 57.4 Å². The van der Waals surface area contributed by atoms with E-state index in [9.17, 15) is 13.2 Å². The van der Waals surface area contributed by atoms with Gasteiger partial charge in [-0.2, -0.15) is 4.98 Å². The van der Waals surface area contributed by atoms with Crippen LogP contribution in [-0.4, -0.2) is 36.7 Å². The average molecular weight is 546 g/mol. The molecule has 0 saturated heterocycles. The third-order valence-corrected chi connectivity index (χ3v) is 8.05. The summed E-state index contributed by atoms with van der Waals surface area (Å²) in [4.78, 5) is 21.8. The van der Waals surface area contributed by atoms with Crippen molar-refractivity contribution in [2.24, 2.45) is 0 Å². The fourth-order valence-electron chi connectivity index (χ4n) is 3.74. The largest absolute Gasteiger partial charge is 0.497 e. The molecule has 1 aromatic heterocycles. The number of anilines is 5. The second-order valence-electron chi connectivity index (χ2n) is 9.24. The lowest BCUT2D eigenvalue weighted by atomic mass is 10.1. The summed E-state index contributed by atoms with van der Waals surface area (Å²) in [6, 6.07) is 23.0. The van der Waals surface area contributed by atoms with Gasteiger partial charge in [-0.3, -0.25) is 4.79 Å². The van der Waals surface area contributed by atoms with E-state index in [4.69, 9.17) is 4.74 Å². The van der Waals surface area contributed by atoms with Gasteiger partial charge in [0.2, 0.25) is 11.9 Å². The van der Waals surface area contributed by atoms with Crippen molar-refractivity contribution in [3.8, 4) is 5.75 Å². The highest BCUT2D eigenvalue weighted by molar-refractivity contribution is 7.92. The van der Waals surface area contributed by atoms with Crippen LogP contribution in [0.4, 0.5) is 28.8 Å². The van der Waals surface area contributed by atoms with Crippen molar-refractivity contribution in [2.45, 2.75) is 37.3 Å². The van der Waals surface area contributed by atoms with Gasteiger partial charge in [-0.15, -0.1) is 0 Å². The lowest BCUT2D eigenvalue weighted by Gasteiger charge is -2.11. The van der Waals surface area contributed by atoms with Gasteiger partial charge in [-0.25, -0.2) is 13.4 Å². The molecule has 0 saturated carbocycles. The van der Waals surface area contributed by atoms with Crippen LogP contribution in [0.1, 0.15) is 25.1 Å². The summed E-state index contributed by atoms with van der Waals surface area (Å²) in [6.07, 6.45) is 0.128. The van der Waals surface area contributed by atoms with E-state index < -0.39 is 15.1 Å². The molecule has 0 atom stereocenters. The van der Waals surface area contributed by atoms with Gasteiger partial charge in [-0.05, 0) is 87.0 Å². The lowest BCUT2D eigenvalue weighted by molar-refractivity contribution is -0.115. The lowest BCUT2D eigenvalue weighted by Crippen LogP contribution is -2.15. The number of aromatic nitrogens is 2. The first-order valence-corrected chi connectivity index (χ1v) is 13.9. The molecule has 3 aromatic carbocycles. The maximum absolute atomic E-state index is 12.5. The second-order valence-corrected chi connectivity index (χ2v) is 11.7. The molecule has 1 amide bonds. The van der Waals surface area contributed by atoms with Crippen molar-refractivity contribution in [3.63, 3.8) is 0 Å². The van der Waals surface area contributed by atoms with Crippen molar-refractivity contribution in [1.29, 1.82) is 0 Å². The van der Waals surface area contributed by atoms with Crippen molar-refractivity contribution in [2.75, 3.05) is 23.1 Å². The molecule has 202 valence electrons. The maximum atomic E-state index is 12.5. The zero-order valence-electron chi connectivity index (χ0n) is 22.2. The molecule has 1 heterocycles. The van der Waals surface area contributed by atoms with Gasteiger partial charge in [0.25, 0.3) is 0 Å². The Labute approximate surface area is 228 Å². The third kappa shape index (κ3) is 7.32. The summed E-state index contributed by atoms with van der Waals surface area (Å²) in [7, 11) is -1.72. The molecule has 4 aromatic rings. The standard InChI is InChI=1S/C29H31N5O4S/c1-19(2)39(36,37)26-15-5-21(6-16-26)18-28(35)32-23-7-9-24(10-8-23)33-29-30-20(3)17-27(34-29)31-22-11-13-25(38-4)14-12-22/h5-17,19H,18H2,1-4H3,(H,32,35)(H2,30,31,33,34). The highest BCUT2D eigenvalue weighted by atomic mass is 32.2. The zero-order valence-corrected chi connectivity index (χ0v) is 23.0. The van der Waals surface area contributed by atoms with Crippen LogP contribution in [0.3, 0.4) is 0 Å². The zero-order chi connectivity index (χ0) is 28.0. The average Bonchev–Trinajstić information content (AvgIpc) is 2.90. The fourth-order valence-corrected chi connectivity index (χ4v) is 4.80. The molecule has 0 fully saturated rings. The second kappa shape index (κ2) is 12.0. The molecule has 4 rings (SSSR count). The number of nitrogens with zero attached hydrogens (tertiary/aromatic N) is 2. The number of sulfone groups is 1. The van der Waals surface area contributed by atoms with E-state index >= 15 is 0 Å². The molecule has 9 nitrogen and oxygen atoms in total. The Bertz CT molecular complexity index is 1540. The number of methoxy groups -OCH3 is 1. The first-order valence-electron chi connectivity index (χ1n) is 12.4. The first kappa shape index (κ1) is 27.6. The number of nitrogens with one attached hydrogen (secondary N) is 3. The molecule has 0 unspecified atom stereocenters. The van der Waals surface area contributed by atoms with Crippen LogP contribution in [0, 0.1) is 6.92 Å². The van der Waals surface area contributed by atoms with Crippen molar-refractivity contribution in [1.82, 2.24) is 9.97 Å². The molecule has 0 bridgehead atoms. The van der Waals surface area contributed by atoms with E-state index in [0.717, 1.165) is 28.4 Å². The molecule has 0 aliphatic rings. The maximum Gasteiger partial charge on any atom is 0.229 e. The number of rotatable bonds is 10. The Hall–Kier alpha value is -4.44. The van der Waals surface area contributed by atoms with Crippen LogP contribution in [-0.2, 0) is 21.1 Å². The number of carbonyl (C=O) groups is 1. The Morgan fingerprint density at radius 2 is 1.44 bits per heavy atom. The number of amides is 1. The summed E-state index contributed by atoms with van der Waals surface area (Å²) in [5.74, 6) is 1.65. The van der Waals surface area contributed by atoms with Gasteiger partial charge in [0, 0.05) is 28.8 Å². The smallest absolute Gasteiger partial charge is 0.229 e. The predicted molar refractivity (Wildman–Crippen MR) is 154 cm³/mol. The molecular formula is C29H31N5O4S. The van der Waals surface area contributed by atoms with Gasteiger partial charge in [0.05, 0.1) is 23.7 Å². The van der Waals surface area contributed by atoms with Gasteiger partial charge >= 0.3 is 0 Å². The minimum atomic E-state index is -3.34. The van der Waals surface area contributed by atoms with Crippen LogP contribution in [0.5, 0.6) is 5.75 Å². The molecule has 3 N–H and O–H groups in total. The van der Waals surface area contributed by atoms with Crippen LogP contribution >= 0.6 is 0 Å². The van der Waals surface area contributed by atoms with E-state index in [-0.39, 0.29) is 17.2 Å². The van der Waals surface area contributed by atoms with Crippen molar-refractivity contribution < 1.29 is 17.9 Å². The van der Waals surface area contributed by atoms with E-state index in [2.05, 4.69) is 25.9 Å². The first-order chi connectivity index (χ1) is 18.6. The Morgan fingerprint density at radius 1 is 0.846 bits per heavy atom. The molecule has 39 heavy (non-hydrogen) atoms. The fraction of sp³-hybridized carbons (Fsp3) is 0.207. The summed E-state index contributed by atoms with van der Waals surface area (Å²) in [5, 5.41) is 8.82. The summed E-state index contributed by atoms with van der Waals surface area (Å²) < 4.78 is 29.8. The number of carbonyl (C=O) groups excluding carboxylic acids is 1. The van der Waals surface area contributed by atoms with Gasteiger partial charge in [0.1, 0.15) is 11.6 Å². The number of benzene rings is 3. The van der Waals surface area contributed by atoms with Gasteiger partial charge in [0.15, 0.2) is 9.84 Å². The van der Waals surface area contributed by atoms with Gasteiger partial charge < -0.3 is 20.7 Å². The quantitative estimate of drug-likeness (QED) is 0.234. The SMILES string of the molecule is COc1ccc(Nc2cc(C)nc(Nc3ccc(NC(=O)Cc4ccc(S(=O)(=O)C(C)C)cc4)cc3)n2)cc1. The van der Waals surface area contributed by atoms with Gasteiger partial charge in [-0.1, -0.05) is 12.1 Å². The number of hydrogen-bond donors (Lipinski definition) is 3. The highest BCUT2D eigenvalue weighted by Gasteiger charge is 2.19. The number of ether oxygens (including phenoxy) is 1. The minimum absolute atomic E-state index is 0.128. The highest BCUT2D eigenvalue weighted by Crippen LogP contribution is 2.22. The van der Waals surface area contributed by atoms with Crippen molar-refractivity contribution >= 4 is 44.6 Å². The van der Waals surface area contributed by atoms with E-state index in [0.29, 0.717) is 17.5 Å². The van der Waals surface area contributed by atoms with E-state index in [1.807, 2.05) is 49.4 Å². The monoisotopic (exact) mass is 545 g/mol. The van der Waals surface area contributed by atoms with Crippen LogP contribution in [0.2, 0.25) is 0 Å². The van der Waals surface area contributed by atoms with Crippen LogP contribution in [0.25, 0.3) is 0 Å². The molecule has 0 spiro atoms. The molecule has 0 aliphatic heterocycles. The third-order valence-electron chi connectivity index (χ3n) is 5.88. The minimum Gasteiger partial charge on any atom is -0.497 e. The van der Waals surface area contributed by atoms with Crippen LogP contribution < -0.4 is 20.7 Å². The van der Waals surface area contributed by atoms with Crippen LogP contribution in [0.15, 0.2) is 83.8 Å². The Kier molecular flexibility index (Phi) is 8.46. The normalized spacial score (nSPS) is 11.2. The van der Waals surface area contributed by atoms with E-state index in [1.165, 1.54) is 0 Å². The summed E-state index contributed by atoms with van der Waals surface area (Å²) in [6.45, 7) is 5.18. The number of aryl methyl sites for hydroxylation is 1. The number of hydrogen-bond acceptors (Lipinski definition) is 8. The molecule has 0 aliphatic carbocycles. The molecule has 0 radical (unpaired) electrons. The Balaban J connectivity index is 1.35. The van der Waals surface area contributed by atoms with Crippen molar-refractivity contribution in [3.05, 3.63) is 90.1 Å². The molecular weight excluding hydrogens is 514 g/mol. The summed E-state index contributed by atoms with van der Waals surface area (Å²) in [5.41, 5.74) is 3.79. The topological polar surface area (TPSA) is 122 Å². The Morgan fingerprint density at radius 3 is 2.05 bits per heavy atom.